The number of hydrogen-bond donors (Lipinski definition) is 3. The fourth-order valence-corrected chi connectivity index (χ4v) is 8.44. The number of rotatable bonds is 13. The van der Waals surface area contributed by atoms with Crippen LogP contribution in [0.2, 0.25) is 0 Å². The van der Waals surface area contributed by atoms with Crippen molar-refractivity contribution in [3.8, 4) is 0 Å². The molecule has 39 heavy (non-hydrogen) atoms. The van der Waals surface area contributed by atoms with Crippen LogP contribution in [-0.2, 0) is 13.6 Å². The highest BCUT2D eigenvalue weighted by molar-refractivity contribution is 7.54. The SMILES string of the molecule is C=C1/C(=C\C=C2/CCC[C@@]3(C)C2CC[C@@H]3[C@H](C)/C=C/C(O)P(=O)(OCCCC)OCCCC)C[C@@H](O)C[C@@H]1O. The first kappa shape index (κ1) is 32.5. The molecular formula is C32H53O6P. The molecule has 0 amide bonds. The normalized spacial score (nSPS) is 33.7. The quantitative estimate of drug-likeness (QED) is 0.122. The van der Waals surface area contributed by atoms with E-state index in [1.807, 2.05) is 19.9 Å². The largest absolute Gasteiger partial charge is 0.393 e. The van der Waals surface area contributed by atoms with Crippen LogP contribution in [0.15, 0.2) is 47.6 Å². The Morgan fingerprint density at radius 1 is 1.10 bits per heavy atom. The topological polar surface area (TPSA) is 96.2 Å². The Labute approximate surface area is 236 Å². The lowest BCUT2D eigenvalue weighted by molar-refractivity contribution is 0.0862. The maximum absolute atomic E-state index is 13.4. The van der Waals surface area contributed by atoms with Gasteiger partial charge in [-0.05, 0) is 91.8 Å². The van der Waals surface area contributed by atoms with Crippen LogP contribution in [0, 0.1) is 23.2 Å². The van der Waals surface area contributed by atoms with Gasteiger partial charge in [0.05, 0.1) is 25.4 Å². The van der Waals surface area contributed by atoms with Gasteiger partial charge in [0.2, 0.25) is 0 Å². The molecule has 2 unspecified atom stereocenters. The maximum Gasteiger partial charge on any atom is 0.362 e. The standard InChI is InChI=1S/C32H53O6P/c1-6-8-19-37-39(36,38-20-9-7-2)31(35)17-12-23(3)28-15-16-29-25(11-10-18-32(28,29)5)13-14-26-21-27(33)22-30(34)24(26)4/h12-14,17,23,27-31,33-35H,4,6-11,15-16,18-22H2,1-3,5H3/b17-12+,25-13+,26-14-/t23-,27-,28-,29?,30+,31?,32-/m1/s1. The molecule has 3 aliphatic carbocycles. The zero-order valence-electron chi connectivity index (χ0n) is 24.7. The molecule has 0 bridgehead atoms. The maximum atomic E-state index is 13.4. The molecule has 0 aliphatic heterocycles. The van der Waals surface area contributed by atoms with Crippen molar-refractivity contribution < 1.29 is 28.9 Å². The molecular weight excluding hydrogens is 511 g/mol. The summed E-state index contributed by atoms with van der Waals surface area (Å²) < 4.78 is 24.7. The second-order valence-corrected chi connectivity index (χ2v) is 14.4. The van der Waals surface area contributed by atoms with E-state index in [0.717, 1.165) is 62.5 Å². The van der Waals surface area contributed by atoms with Crippen molar-refractivity contribution in [2.75, 3.05) is 13.2 Å². The van der Waals surface area contributed by atoms with E-state index in [2.05, 4.69) is 32.6 Å². The minimum absolute atomic E-state index is 0.152. The second kappa shape index (κ2) is 14.8. The molecule has 3 fully saturated rings. The Balaban J connectivity index is 1.71. The third-order valence-corrected chi connectivity index (χ3v) is 11.3. The van der Waals surface area contributed by atoms with Crippen LogP contribution in [0.5, 0.6) is 0 Å². The molecule has 0 heterocycles. The molecule has 0 aromatic heterocycles. The summed E-state index contributed by atoms with van der Waals surface area (Å²) in [5.41, 5.74) is 3.29. The van der Waals surface area contributed by atoms with Gasteiger partial charge in [-0.2, -0.15) is 0 Å². The van der Waals surface area contributed by atoms with E-state index in [-0.39, 0.29) is 11.3 Å². The molecule has 7 atom stereocenters. The highest BCUT2D eigenvalue weighted by Crippen LogP contribution is 2.60. The van der Waals surface area contributed by atoms with Crippen molar-refractivity contribution in [2.45, 2.75) is 116 Å². The van der Waals surface area contributed by atoms with Gasteiger partial charge in [-0.15, -0.1) is 0 Å². The van der Waals surface area contributed by atoms with Crippen LogP contribution in [-0.4, -0.2) is 46.6 Å². The number of hydrogen-bond acceptors (Lipinski definition) is 6. The van der Waals surface area contributed by atoms with E-state index in [0.29, 0.717) is 37.9 Å². The first-order valence-electron chi connectivity index (χ1n) is 15.3. The van der Waals surface area contributed by atoms with Crippen LogP contribution in [0.3, 0.4) is 0 Å². The van der Waals surface area contributed by atoms with Gasteiger partial charge in [-0.25, -0.2) is 0 Å². The molecule has 3 N–H and O–H groups in total. The zero-order valence-corrected chi connectivity index (χ0v) is 25.6. The van der Waals surface area contributed by atoms with E-state index in [9.17, 15) is 19.9 Å². The summed E-state index contributed by atoms with van der Waals surface area (Å²) in [7, 11) is -3.64. The smallest absolute Gasteiger partial charge is 0.362 e. The summed E-state index contributed by atoms with van der Waals surface area (Å²) in [5.74, 6) is -0.102. The van der Waals surface area contributed by atoms with Crippen LogP contribution >= 0.6 is 7.60 Å². The monoisotopic (exact) mass is 564 g/mol. The van der Waals surface area contributed by atoms with Gasteiger partial charge in [0.25, 0.3) is 0 Å². The molecule has 3 rings (SSSR count). The molecule has 7 heteroatoms. The molecule has 0 spiro atoms. The van der Waals surface area contributed by atoms with Gasteiger partial charge in [0, 0.05) is 6.42 Å². The molecule has 3 saturated carbocycles. The second-order valence-electron chi connectivity index (χ2n) is 12.2. The Bertz CT molecular complexity index is 940. The third-order valence-electron chi connectivity index (χ3n) is 9.39. The van der Waals surface area contributed by atoms with Gasteiger partial charge < -0.3 is 24.4 Å². The van der Waals surface area contributed by atoms with Crippen molar-refractivity contribution in [3.05, 3.63) is 47.6 Å². The molecule has 6 nitrogen and oxygen atoms in total. The number of unbranched alkanes of at least 4 members (excludes halogenated alkanes) is 2. The minimum Gasteiger partial charge on any atom is -0.393 e. The predicted octanol–water partition coefficient (Wildman–Crippen LogP) is 7.46. The van der Waals surface area contributed by atoms with Crippen molar-refractivity contribution >= 4 is 7.60 Å². The number of aliphatic hydroxyl groups excluding tert-OH is 3. The fraction of sp³-hybridized carbons (Fsp3) is 0.750. The molecule has 0 saturated heterocycles. The first-order chi connectivity index (χ1) is 18.6. The number of fused-ring (bicyclic) bond motifs is 1. The van der Waals surface area contributed by atoms with Gasteiger partial charge >= 0.3 is 7.60 Å². The highest BCUT2D eigenvalue weighted by atomic mass is 31.2. The highest BCUT2D eigenvalue weighted by Gasteiger charge is 2.50. The van der Waals surface area contributed by atoms with Crippen molar-refractivity contribution in [2.24, 2.45) is 23.2 Å². The van der Waals surface area contributed by atoms with Gasteiger partial charge in [-0.1, -0.05) is 70.9 Å². The van der Waals surface area contributed by atoms with Crippen LogP contribution in [0.25, 0.3) is 0 Å². The Morgan fingerprint density at radius 2 is 1.77 bits per heavy atom. The zero-order chi connectivity index (χ0) is 28.6. The van der Waals surface area contributed by atoms with Gasteiger partial charge in [0.15, 0.2) is 5.85 Å². The summed E-state index contributed by atoms with van der Waals surface area (Å²) in [6.07, 6.45) is 16.7. The summed E-state index contributed by atoms with van der Waals surface area (Å²) in [5, 5.41) is 31.2. The minimum atomic E-state index is -3.64. The molecule has 3 aliphatic rings. The van der Waals surface area contributed by atoms with Crippen molar-refractivity contribution in [1.29, 1.82) is 0 Å². The lowest BCUT2D eigenvalue weighted by Gasteiger charge is -2.44. The van der Waals surface area contributed by atoms with Crippen LogP contribution < -0.4 is 0 Å². The summed E-state index contributed by atoms with van der Waals surface area (Å²) in [6.45, 7) is 13.4. The summed E-state index contributed by atoms with van der Waals surface area (Å²) in [4.78, 5) is 0. The molecule has 0 radical (unpaired) electrons. The predicted molar refractivity (Wildman–Crippen MR) is 158 cm³/mol. The van der Waals surface area contributed by atoms with E-state index in [1.165, 1.54) is 12.0 Å². The van der Waals surface area contributed by atoms with Gasteiger partial charge in [-0.3, -0.25) is 4.57 Å². The van der Waals surface area contributed by atoms with Crippen LogP contribution in [0.1, 0.15) is 98.3 Å². The molecule has 222 valence electrons. The first-order valence-corrected chi connectivity index (χ1v) is 16.9. The van der Waals surface area contributed by atoms with Crippen molar-refractivity contribution in [1.82, 2.24) is 0 Å². The Morgan fingerprint density at radius 3 is 2.41 bits per heavy atom. The molecule has 0 aromatic carbocycles. The van der Waals surface area contributed by atoms with E-state index < -0.39 is 25.6 Å². The average Bonchev–Trinajstić information content (AvgIpc) is 3.26. The number of aliphatic hydroxyl groups is 3. The summed E-state index contributed by atoms with van der Waals surface area (Å²) in [6, 6.07) is 0. The number of allylic oxidation sites excluding steroid dienone is 4. The van der Waals surface area contributed by atoms with Crippen LogP contribution in [0.4, 0.5) is 0 Å². The van der Waals surface area contributed by atoms with Crippen molar-refractivity contribution in [3.63, 3.8) is 0 Å². The molecule has 0 aromatic rings. The lowest BCUT2D eigenvalue weighted by Crippen LogP contribution is -2.35. The lowest BCUT2D eigenvalue weighted by atomic mass is 9.61. The average molecular weight is 565 g/mol. The Hall–Kier alpha value is -1.01. The summed E-state index contributed by atoms with van der Waals surface area (Å²) >= 11 is 0. The Kier molecular flexibility index (Phi) is 12.3. The van der Waals surface area contributed by atoms with E-state index in [4.69, 9.17) is 9.05 Å². The van der Waals surface area contributed by atoms with E-state index in [1.54, 1.807) is 6.08 Å². The van der Waals surface area contributed by atoms with E-state index >= 15 is 0 Å². The third kappa shape index (κ3) is 8.05. The fourth-order valence-electron chi connectivity index (χ4n) is 6.98. The van der Waals surface area contributed by atoms with Gasteiger partial charge in [0.1, 0.15) is 0 Å².